The summed E-state index contributed by atoms with van der Waals surface area (Å²) < 4.78 is 25.9. The van der Waals surface area contributed by atoms with Gasteiger partial charge in [-0.1, -0.05) is 23.8 Å². The Balaban J connectivity index is 2.03. The quantitative estimate of drug-likeness (QED) is 0.688. The van der Waals surface area contributed by atoms with Crippen molar-refractivity contribution in [1.29, 1.82) is 0 Å². The molecule has 0 radical (unpaired) electrons. The number of amides is 1. The number of carboxylic acid groups (broad SMARTS) is 1. The summed E-state index contributed by atoms with van der Waals surface area (Å²) in [5.41, 5.74) is 1.56. The van der Waals surface area contributed by atoms with Gasteiger partial charge in [0.05, 0.1) is 11.4 Å². The van der Waals surface area contributed by atoms with Gasteiger partial charge in [0.25, 0.3) is 0 Å². The fraction of sp³-hybridized carbons (Fsp3) is 0.278. The molecule has 0 spiro atoms. The Morgan fingerprint density at radius 3 is 2.44 bits per heavy atom. The number of likely N-dealkylation sites (N-methyl/N-ethyl adjacent to an activating group) is 1. The fourth-order valence-electron chi connectivity index (χ4n) is 2.37. The number of sulfonamides is 1. The number of aryl methyl sites for hydroxylation is 1. The van der Waals surface area contributed by atoms with Crippen molar-refractivity contribution in [3.05, 3.63) is 59.9 Å². The number of pyridine rings is 1. The van der Waals surface area contributed by atoms with Gasteiger partial charge in [0.2, 0.25) is 15.9 Å². The van der Waals surface area contributed by atoms with Gasteiger partial charge in [0.15, 0.2) is 0 Å². The lowest BCUT2D eigenvalue weighted by Crippen LogP contribution is -2.46. The minimum absolute atomic E-state index is 0.0450. The molecule has 0 saturated carbocycles. The van der Waals surface area contributed by atoms with Crippen LogP contribution in [0.1, 0.15) is 11.1 Å². The fourth-order valence-corrected chi connectivity index (χ4v) is 3.50. The SMILES string of the molecule is Cc1ccc(S(=O)(=O)N(C)CC(=O)NC(Cc2cccnc2)C(=O)O)cc1. The number of hydrogen-bond donors (Lipinski definition) is 2. The van der Waals surface area contributed by atoms with E-state index in [0.29, 0.717) is 5.56 Å². The predicted molar refractivity (Wildman–Crippen MR) is 98.5 cm³/mol. The minimum Gasteiger partial charge on any atom is -0.480 e. The van der Waals surface area contributed by atoms with Crippen LogP contribution in [0.15, 0.2) is 53.7 Å². The lowest BCUT2D eigenvalue weighted by molar-refractivity contribution is -0.141. The van der Waals surface area contributed by atoms with E-state index >= 15 is 0 Å². The minimum atomic E-state index is -3.85. The third-order valence-corrected chi connectivity index (χ3v) is 5.71. The van der Waals surface area contributed by atoms with E-state index in [9.17, 15) is 23.1 Å². The lowest BCUT2D eigenvalue weighted by atomic mass is 10.1. The third kappa shape index (κ3) is 5.60. The average Bonchev–Trinajstić information content (AvgIpc) is 2.62. The summed E-state index contributed by atoms with van der Waals surface area (Å²) in [7, 11) is -2.58. The molecule has 9 heteroatoms. The number of hydrogen-bond acceptors (Lipinski definition) is 5. The van der Waals surface area contributed by atoms with Gasteiger partial charge >= 0.3 is 5.97 Å². The molecule has 8 nitrogen and oxygen atoms in total. The van der Waals surface area contributed by atoms with Crippen LogP contribution in [0.2, 0.25) is 0 Å². The zero-order valence-electron chi connectivity index (χ0n) is 15.0. The maximum atomic E-state index is 12.5. The van der Waals surface area contributed by atoms with E-state index < -0.39 is 34.5 Å². The molecule has 0 aliphatic rings. The van der Waals surface area contributed by atoms with Crippen molar-refractivity contribution in [3.63, 3.8) is 0 Å². The van der Waals surface area contributed by atoms with Crippen LogP contribution in [0, 0.1) is 6.92 Å². The second kappa shape index (κ2) is 8.74. The maximum absolute atomic E-state index is 12.5. The molecule has 0 aliphatic heterocycles. The second-order valence-corrected chi connectivity index (χ2v) is 8.14. The Morgan fingerprint density at radius 2 is 1.89 bits per heavy atom. The zero-order valence-corrected chi connectivity index (χ0v) is 15.8. The van der Waals surface area contributed by atoms with E-state index in [0.717, 1.165) is 9.87 Å². The number of carbonyl (C=O) groups excluding carboxylic acids is 1. The van der Waals surface area contributed by atoms with Crippen LogP contribution in [0.25, 0.3) is 0 Å². The molecule has 1 aromatic carbocycles. The number of aromatic nitrogens is 1. The first kappa shape index (κ1) is 20.5. The summed E-state index contributed by atoms with van der Waals surface area (Å²) >= 11 is 0. The maximum Gasteiger partial charge on any atom is 0.326 e. The number of carboxylic acids is 1. The van der Waals surface area contributed by atoms with Gasteiger partial charge in [-0.3, -0.25) is 9.78 Å². The number of rotatable bonds is 8. The summed E-state index contributed by atoms with van der Waals surface area (Å²) in [6.07, 6.45) is 3.11. The molecule has 2 rings (SSSR count). The number of benzene rings is 1. The predicted octanol–water partition coefficient (Wildman–Crippen LogP) is 0.823. The summed E-state index contributed by atoms with van der Waals surface area (Å²) in [4.78, 5) is 27.6. The number of nitrogens with one attached hydrogen (secondary N) is 1. The van der Waals surface area contributed by atoms with Crippen LogP contribution in [0.5, 0.6) is 0 Å². The molecule has 2 aromatic rings. The van der Waals surface area contributed by atoms with Gasteiger partial charge in [-0.15, -0.1) is 0 Å². The van der Waals surface area contributed by atoms with Crippen LogP contribution >= 0.6 is 0 Å². The normalized spacial score (nSPS) is 12.6. The average molecular weight is 391 g/mol. The summed E-state index contributed by atoms with van der Waals surface area (Å²) in [6, 6.07) is 8.42. The summed E-state index contributed by atoms with van der Waals surface area (Å²) in [6.45, 7) is 1.34. The highest BCUT2D eigenvalue weighted by Gasteiger charge is 2.26. The van der Waals surface area contributed by atoms with Crippen molar-refractivity contribution in [2.45, 2.75) is 24.3 Å². The molecule has 0 aliphatic carbocycles. The molecule has 0 saturated heterocycles. The molecule has 1 atom stereocenters. The van der Waals surface area contributed by atoms with Crippen LogP contribution in [-0.4, -0.2) is 54.3 Å². The molecule has 1 unspecified atom stereocenters. The Hall–Kier alpha value is -2.78. The van der Waals surface area contributed by atoms with Crippen LogP contribution in [0.3, 0.4) is 0 Å². The van der Waals surface area contributed by atoms with Crippen LogP contribution < -0.4 is 5.32 Å². The second-order valence-electron chi connectivity index (χ2n) is 6.10. The molecule has 0 bridgehead atoms. The van der Waals surface area contributed by atoms with Crippen molar-refractivity contribution >= 4 is 21.9 Å². The molecule has 144 valence electrons. The van der Waals surface area contributed by atoms with Gasteiger partial charge in [-0.05, 0) is 30.7 Å². The smallest absolute Gasteiger partial charge is 0.326 e. The molecule has 1 aromatic heterocycles. The zero-order chi connectivity index (χ0) is 20.0. The Labute approximate surface area is 157 Å². The first-order chi connectivity index (χ1) is 12.7. The largest absolute Gasteiger partial charge is 0.480 e. The van der Waals surface area contributed by atoms with Gasteiger partial charge in [-0.25, -0.2) is 13.2 Å². The molecule has 0 fully saturated rings. The van der Waals surface area contributed by atoms with Gasteiger partial charge in [0, 0.05) is 25.9 Å². The molecular formula is C18H21N3O5S. The van der Waals surface area contributed by atoms with Crippen molar-refractivity contribution in [2.75, 3.05) is 13.6 Å². The Kier molecular flexibility index (Phi) is 6.65. The Morgan fingerprint density at radius 1 is 1.22 bits per heavy atom. The standard InChI is InChI=1S/C18H21N3O5S/c1-13-5-7-15(8-6-13)27(25,26)21(2)12-17(22)20-16(18(23)24)10-14-4-3-9-19-11-14/h3-9,11,16H,10,12H2,1-2H3,(H,20,22)(H,23,24). The highest BCUT2D eigenvalue weighted by atomic mass is 32.2. The Bertz CT molecular complexity index is 898. The van der Waals surface area contributed by atoms with Crippen molar-refractivity contribution in [2.24, 2.45) is 0 Å². The first-order valence-electron chi connectivity index (χ1n) is 8.14. The van der Waals surface area contributed by atoms with Gasteiger partial charge < -0.3 is 10.4 Å². The molecule has 2 N–H and O–H groups in total. The van der Waals surface area contributed by atoms with Crippen molar-refractivity contribution in [1.82, 2.24) is 14.6 Å². The lowest BCUT2D eigenvalue weighted by Gasteiger charge is -2.19. The summed E-state index contributed by atoms with van der Waals surface area (Å²) in [5.74, 6) is -1.92. The molecule has 27 heavy (non-hydrogen) atoms. The monoisotopic (exact) mass is 391 g/mol. The van der Waals surface area contributed by atoms with Gasteiger partial charge in [-0.2, -0.15) is 4.31 Å². The van der Waals surface area contributed by atoms with Crippen LogP contribution in [-0.2, 0) is 26.0 Å². The summed E-state index contributed by atoms with van der Waals surface area (Å²) in [5, 5.41) is 11.7. The third-order valence-electron chi connectivity index (χ3n) is 3.89. The van der Waals surface area contributed by atoms with E-state index in [1.807, 2.05) is 6.92 Å². The van der Waals surface area contributed by atoms with E-state index in [2.05, 4.69) is 10.3 Å². The highest BCUT2D eigenvalue weighted by Crippen LogP contribution is 2.14. The van der Waals surface area contributed by atoms with Gasteiger partial charge in [0.1, 0.15) is 6.04 Å². The molecule has 1 heterocycles. The van der Waals surface area contributed by atoms with E-state index in [1.54, 1.807) is 30.5 Å². The van der Waals surface area contributed by atoms with E-state index in [1.165, 1.54) is 25.4 Å². The molecular weight excluding hydrogens is 370 g/mol. The first-order valence-corrected chi connectivity index (χ1v) is 9.58. The number of aliphatic carboxylic acids is 1. The van der Waals surface area contributed by atoms with Crippen molar-refractivity contribution in [3.8, 4) is 0 Å². The highest BCUT2D eigenvalue weighted by molar-refractivity contribution is 7.89. The topological polar surface area (TPSA) is 117 Å². The van der Waals surface area contributed by atoms with E-state index in [-0.39, 0.29) is 11.3 Å². The number of nitrogens with zero attached hydrogens (tertiary/aromatic N) is 2. The number of carbonyl (C=O) groups is 2. The van der Waals surface area contributed by atoms with Crippen LogP contribution in [0.4, 0.5) is 0 Å². The van der Waals surface area contributed by atoms with E-state index in [4.69, 9.17) is 0 Å². The van der Waals surface area contributed by atoms with Crippen molar-refractivity contribution < 1.29 is 23.1 Å². The molecule has 1 amide bonds.